The van der Waals surface area contributed by atoms with E-state index in [-0.39, 0.29) is 5.82 Å². The maximum absolute atomic E-state index is 13.7. The molecule has 1 aromatic heterocycles. The SMILES string of the molecule is Fc1cccc(C=C(Bc2nccn2CCc2ccccc2)c2ccccc2)c1. The minimum absolute atomic E-state index is 0.226. The first kappa shape index (κ1) is 18.9. The Bertz CT molecular complexity index is 1090. The number of aromatic nitrogens is 2. The van der Waals surface area contributed by atoms with Crippen LogP contribution in [0.5, 0.6) is 0 Å². The lowest BCUT2D eigenvalue weighted by molar-refractivity contribution is 0.627. The highest BCUT2D eigenvalue weighted by molar-refractivity contribution is 6.73. The summed E-state index contributed by atoms with van der Waals surface area (Å²) < 4.78 is 15.9. The van der Waals surface area contributed by atoms with Crippen LogP contribution in [0.3, 0.4) is 0 Å². The Labute approximate surface area is 171 Å². The molecule has 0 fully saturated rings. The number of aryl methyl sites for hydroxylation is 2. The first-order valence-corrected chi connectivity index (χ1v) is 9.83. The Morgan fingerprint density at radius 3 is 2.45 bits per heavy atom. The summed E-state index contributed by atoms with van der Waals surface area (Å²) in [6, 6.07) is 27.4. The summed E-state index contributed by atoms with van der Waals surface area (Å²) in [4.78, 5) is 4.60. The second kappa shape index (κ2) is 9.20. The predicted molar refractivity (Wildman–Crippen MR) is 120 cm³/mol. The quantitative estimate of drug-likeness (QED) is 0.340. The van der Waals surface area contributed by atoms with Crippen LogP contribution < -0.4 is 5.72 Å². The molecule has 2 nitrogen and oxygen atoms in total. The molecule has 0 saturated carbocycles. The number of rotatable bonds is 7. The number of hydrogen-bond donors (Lipinski definition) is 0. The molecule has 0 saturated heterocycles. The highest BCUT2D eigenvalue weighted by Crippen LogP contribution is 2.18. The molecule has 0 aliphatic rings. The van der Waals surface area contributed by atoms with Gasteiger partial charge >= 0.3 is 0 Å². The molecule has 3 aromatic carbocycles. The molecule has 0 unspecified atom stereocenters. The summed E-state index contributed by atoms with van der Waals surface area (Å²) in [7, 11) is 0.683. The summed E-state index contributed by atoms with van der Waals surface area (Å²) in [5, 5.41) is 0. The fourth-order valence-corrected chi connectivity index (χ4v) is 3.46. The molecule has 4 heteroatoms. The van der Waals surface area contributed by atoms with Crippen molar-refractivity contribution in [2.45, 2.75) is 13.0 Å². The van der Waals surface area contributed by atoms with Crippen LogP contribution in [0, 0.1) is 5.82 Å². The Morgan fingerprint density at radius 1 is 0.931 bits per heavy atom. The van der Waals surface area contributed by atoms with Gasteiger partial charge in [0.25, 0.3) is 0 Å². The van der Waals surface area contributed by atoms with Gasteiger partial charge in [-0.1, -0.05) is 84.3 Å². The number of hydrogen-bond acceptors (Lipinski definition) is 1. The van der Waals surface area contributed by atoms with Gasteiger partial charge in [-0.15, -0.1) is 0 Å². The van der Waals surface area contributed by atoms with E-state index in [0.29, 0.717) is 7.28 Å². The average Bonchev–Trinajstić information content (AvgIpc) is 3.20. The molecule has 1 heterocycles. The summed E-state index contributed by atoms with van der Waals surface area (Å²) in [6.45, 7) is 0.876. The zero-order valence-electron chi connectivity index (χ0n) is 16.2. The smallest absolute Gasteiger partial charge is 0.239 e. The van der Waals surface area contributed by atoms with E-state index in [4.69, 9.17) is 0 Å². The molecule has 0 spiro atoms. The van der Waals surface area contributed by atoms with E-state index in [1.807, 2.05) is 42.7 Å². The predicted octanol–water partition coefficient (Wildman–Crippen LogP) is 4.53. The van der Waals surface area contributed by atoms with E-state index in [1.54, 1.807) is 12.1 Å². The zero-order chi connectivity index (χ0) is 19.9. The van der Waals surface area contributed by atoms with Gasteiger partial charge in [-0.2, -0.15) is 0 Å². The molecular formula is C25H22BFN2. The van der Waals surface area contributed by atoms with Gasteiger partial charge in [0.05, 0.1) is 5.72 Å². The molecule has 29 heavy (non-hydrogen) atoms. The summed E-state index contributed by atoms with van der Waals surface area (Å²) in [5.74, 6) is -0.226. The van der Waals surface area contributed by atoms with E-state index in [2.05, 4.69) is 52.0 Å². The van der Waals surface area contributed by atoms with Crippen molar-refractivity contribution in [2.75, 3.05) is 0 Å². The molecule has 4 rings (SSSR count). The Hall–Kier alpha value is -3.40. The van der Waals surface area contributed by atoms with Crippen LogP contribution in [0.1, 0.15) is 16.7 Å². The minimum Gasteiger partial charge on any atom is -0.343 e. The lowest BCUT2D eigenvalue weighted by atomic mass is 9.65. The van der Waals surface area contributed by atoms with Crippen LogP contribution in [0.15, 0.2) is 97.3 Å². The number of imidazole rings is 1. The van der Waals surface area contributed by atoms with Gasteiger partial charge in [0.1, 0.15) is 5.82 Å². The van der Waals surface area contributed by atoms with Crippen molar-refractivity contribution in [3.63, 3.8) is 0 Å². The Morgan fingerprint density at radius 2 is 1.69 bits per heavy atom. The van der Waals surface area contributed by atoms with Crippen LogP contribution in [-0.4, -0.2) is 16.8 Å². The average molecular weight is 380 g/mol. The molecule has 0 N–H and O–H groups in total. The maximum Gasteiger partial charge on any atom is 0.239 e. The van der Waals surface area contributed by atoms with Crippen molar-refractivity contribution < 1.29 is 4.39 Å². The van der Waals surface area contributed by atoms with Crippen molar-refractivity contribution in [3.8, 4) is 0 Å². The molecular weight excluding hydrogens is 358 g/mol. The summed E-state index contributed by atoms with van der Waals surface area (Å²) >= 11 is 0. The fourth-order valence-electron chi connectivity index (χ4n) is 3.46. The van der Waals surface area contributed by atoms with Gasteiger partial charge in [0.15, 0.2) is 0 Å². The van der Waals surface area contributed by atoms with E-state index >= 15 is 0 Å². The molecule has 0 amide bonds. The van der Waals surface area contributed by atoms with Crippen molar-refractivity contribution in [1.29, 1.82) is 0 Å². The number of nitrogens with zero attached hydrogens (tertiary/aromatic N) is 2. The summed E-state index contributed by atoms with van der Waals surface area (Å²) in [6.07, 6.45) is 6.89. The van der Waals surface area contributed by atoms with Crippen molar-refractivity contribution in [3.05, 3.63) is 120 Å². The van der Waals surface area contributed by atoms with E-state index in [9.17, 15) is 4.39 Å². The van der Waals surface area contributed by atoms with Crippen LogP contribution >= 0.6 is 0 Å². The lowest BCUT2D eigenvalue weighted by Crippen LogP contribution is -2.28. The van der Waals surface area contributed by atoms with Crippen LogP contribution in [-0.2, 0) is 13.0 Å². The van der Waals surface area contributed by atoms with Gasteiger partial charge in [0, 0.05) is 18.9 Å². The monoisotopic (exact) mass is 380 g/mol. The van der Waals surface area contributed by atoms with Gasteiger partial charge in [-0.05, 0) is 35.2 Å². The van der Waals surface area contributed by atoms with Gasteiger partial charge in [-0.3, -0.25) is 4.98 Å². The standard InChI is InChI=1S/C25H22BFN2/c27-23-13-7-10-21(18-23)19-24(22-11-5-2-6-12-22)26-25-28-15-17-29(25)16-14-20-8-3-1-4-9-20/h1-13,15,17-19,26H,14,16H2. The van der Waals surface area contributed by atoms with Crippen molar-refractivity contribution in [1.82, 2.24) is 9.55 Å². The largest absolute Gasteiger partial charge is 0.343 e. The minimum atomic E-state index is -0.226. The molecule has 0 bridgehead atoms. The Balaban J connectivity index is 1.60. The number of halogens is 1. The fraction of sp³-hybridized carbons (Fsp3) is 0.0800. The third-order valence-electron chi connectivity index (χ3n) is 4.97. The van der Waals surface area contributed by atoms with Crippen molar-refractivity contribution >= 4 is 24.6 Å². The molecule has 142 valence electrons. The Kier molecular flexibility index (Phi) is 6.01. The normalized spacial score (nSPS) is 11.4. The highest BCUT2D eigenvalue weighted by Gasteiger charge is 2.11. The van der Waals surface area contributed by atoms with Gasteiger partial charge < -0.3 is 4.57 Å². The molecule has 0 radical (unpaired) electrons. The second-order valence-electron chi connectivity index (χ2n) is 7.04. The summed E-state index contributed by atoms with van der Waals surface area (Å²) in [5.41, 5.74) is 5.40. The van der Waals surface area contributed by atoms with E-state index in [1.165, 1.54) is 11.6 Å². The lowest BCUT2D eigenvalue weighted by Gasteiger charge is -2.11. The van der Waals surface area contributed by atoms with Crippen LogP contribution in [0.2, 0.25) is 0 Å². The topological polar surface area (TPSA) is 17.8 Å². The highest BCUT2D eigenvalue weighted by atomic mass is 19.1. The second-order valence-corrected chi connectivity index (χ2v) is 7.04. The van der Waals surface area contributed by atoms with Gasteiger partial charge in [0.2, 0.25) is 7.28 Å². The van der Waals surface area contributed by atoms with Crippen LogP contribution in [0.4, 0.5) is 4.39 Å². The third-order valence-corrected chi connectivity index (χ3v) is 4.97. The molecule has 4 aromatic rings. The first-order valence-electron chi connectivity index (χ1n) is 9.83. The van der Waals surface area contributed by atoms with Crippen LogP contribution in [0.25, 0.3) is 11.5 Å². The zero-order valence-corrected chi connectivity index (χ0v) is 16.2. The molecule has 0 atom stereocenters. The van der Waals surface area contributed by atoms with Crippen molar-refractivity contribution in [2.24, 2.45) is 0 Å². The first-order chi connectivity index (χ1) is 14.3. The van der Waals surface area contributed by atoms with Gasteiger partial charge in [-0.25, -0.2) is 4.39 Å². The number of benzene rings is 3. The maximum atomic E-state index is 13.7. The molecule has 0 aliphatic heterocycles. The van der Waals surface area contributed by atoms with E-state index in [0.717, 1.165) is 35.3 Å². The third kappa shape index (κ3) is 5.11. The molecule has 0 aliphatic carbocycles. The van der Waals surface area contributed by atoms with E-state index < -0.39 is 0 Å².